The van der Waals surface area contributed by atoms with Crippen LogP contribution >= 0.6 is 11.6 Å². The molecule has 134 valence electrons. The highest BCUT2D eigenvalue weighted by molar-refractivity contribution is 6.42. The second-order valence-electron chi connectivity index (χ2n) is 7.23. The lowest BCUT2D eigenvalue weighted by Crippen LogP contribution is -2.35. The van der Waals surface area contributed by atoms with Crippen LogP contribution in [0.5, 0.6) is 0 Å². The van der Waals surface area contributed by atoms with Crippen LogP contribution in [0.2, 0.25) is 0 Å². The number of carbonyl (C=O) groups is 2. The molecule has 0 radical (unpaired) electrons. The number of Topliss-reactive ketones (excluding diaryl/α,β-unsaturated/α-hetero) is 1. The first-order chi connectivity index (χ1) is 12.5. The number of ether oxygens (including phenoxy) is 1. The van der Waals surface area contributed by atoms with Crippen molar-refractivity contribution in [2.45, 2.75) is 37.5 Å². The number of ketones is 1. The first-order valence-electron chi connectivity index (χ1n) is 9.02. The molecule has 4 heteroatoms. The van der Waals surface area contributed by atoms with Crippen molar-refractivity contribution >= 4 is 23.4 Å². The normalized spacial score (nSPS) is 29.3. The smallest absolute Gasteiger partial charge is 0.328 e. The fraction of sp³-hybridized carbons (Fsp3) is 0.364. The molecule has 3 atom stereocenters. The topological polar surface area (TPSA) is 43.4 Å². The van der Waals surface area contributed by atoms with E-state index >= 15 is 0 Å². The van der Waals surface area contributed by atoms with Gasteiger partial charge in [0.15, 0.2) is 10.7 Å². The van der Waals surface area contributed by atoms with Gasteiger partial charge >= 0.3 is 5.97 Å². The summed E-state index contributed by atoms with van der Waals surface area (Å²) in [5.74, 6) is -0.884. The van der Waals surface area contributed by atoms with Gasteiger partial charge in [0.1, 0.15) is 0 Å². The van der Waals surface area contributed by atoms with E-state index in [9.17, 15) is 9.59 Å². The number of hydrogen-bond acceptors (Lipinski definition) is 3. The zero-order valence-electron chi connectivity index (χ0n) is 14.9. The number of carbonyl (C=O) groups excluding carboxylic acids is 2. The Morgan fingerprint density at radius 3 is 2.58 bits per heavy atom. The van der Waals surface area contributed by atoms with Gasteiger partial charge in [-0.1, -0.05) is 54.1 Å². The summed E-state index contributed by atoms with van der Waals surface area (Å²) in [6.07, 6.45) is 1.29. The first kappa shape index (κ1) is 17.3. The van der Waals surface area contributed by atoms with Crippen LogP contribution in [0, 0.1) is 12.3 Å². The lowest BCUT2D eigenvalue weighted by atomic mass is 9.77. The van der Waals surface area contributed by atoms with Crippen LogP contribution in [0.4, 0.5) is 0 Å². The summed E-state index contributed by atoms with van der Waals surface area (Å²) in [7, 11) is 0. The third-order valence-corrected chi connectivity index (χ3v) is 6.61. The van der Waals surface area contributed by atoms with E-state index in [1.807, 2.05) is 55.5 Å². The summed E-state index contributed by atoms with van der Waals surface area (Å²) in [6.45, 7) is 4.01. The summed E-state index contributed by atoms with van der Waals surface area (Å²) in [5, 5.41) is 0. The molecular formula is C22H21ClO3. The Kier molecular flexibility index (Phi) is 3.96. The fourth-order valence-electron chi connectivity index (χ4n) is 4.57. The Hall–Kier alpha value is -2.13. The van der Waals surface area contributed by atoms with Crippen molar-refractivity contribution < 1.29 is 14.3 Å². The average Bonchev–Trinajstić information content (AvgIpc) is 3.20. The maximum absolute atomic E-state index is 13.5. The summed E-state index contributed by atoms with van der Waals surface area (Å²) in [6, 6.07) is 15.5. The molecule has 26 heavy (non-hydrogen) atoms. The Bertz CT molecular complexity index is 889. The highest BCUT2D eigenvalue weighted by atomic mass is 35.5. The van der Waals surface area contributed by atoms with Gasteiger partial charge < -0.3 is 4.74 Å². The zero-order chi connectivity index (χ0) is 18.5. The average molecular weight is 369 g/mol. The minimum Gasteiger partial charge on any atom is -0.465 e. The van der Waals surface area contributed by atoms with Crippen molar-refractivity contribution in [2.75, 3.05) is 6.61 Å². The van der Waals surface area contributed by atoms with E-state index in [4.69, 9.17) is 16.3 Å². The second-order valence-corrected chi connectivity index (χ2v) is 7.83. The summed E-state index contributed by atoms with van der Waals surface area (Å²) in [4.78, 5) is 25.0. The maximum atomic E-state index is 13.5. The zero-order valence-corrected chi connectivity index (χ0v) is 15.7. The molecule has 1 fully saturated rings. The maximum Gasteiger partial charge on any atom is 0.328 e. The first-order valence-corrected chi connectivity index (χ1v) is 9.40. The number of hydrogen-bond donors (Lipinski definition) is 0. The van der Waals surface area contributed by atoms with E-state index in [2.05, 4.69) is 0 Å². The molecular weight excluding hydrogens is 348 g/mol. The number of fused-ring (bicyclic) bond motifs is 1. The second kappa shape index (κ2) is 5.95. The van der Waals surface area contributed by atoms with E-state index in [0.717, 1.165) is 23.1 Å². The molecule has 2 aromatic carbocycles. The lowest BCUT2D eigenvalue weighted by Gasteiger charge is -2.26. The van der Waals surface area contributed by atoms with E-state index in [0.29, 0.717) is 12.0 Å². The van der Waals surface area contributed by atoms with Gasteiger partial charge in [-0.3, -0.25) is 9.59 Å². The number of aryl methyl sites for hydroxylation is 2. The molecule has 3 nitrogen and oxygen atoms in total. The number of halogens is 1. The monoisotopic (exact) mass is 368 g/mol. The van der Waals surface area contributed by atoms with E-state index < -0.39 is 16.3 Å². The molecule has 1 saturated carbocycles. The molecule has 2 aliphatic rings. The molecule has 1 spiro atoms. The highest BCUT2D eigenvalue weighted by Crippen LogP contribution is 2.76. The minimum absolute atomic E-state index is 0.0343. The lowest BCUT2D eigenvalue weighted by molar-refractivity contribution is -0.144. The molecule has 0 bridgehead atoms. The predicted molar refractivity (Wildman–Crippen MR) is 101 cm³/mol. The van der Waals surface area contributed by atoms with Crippen molar-refractivity contribution in [3.63, 3.8) is 0 Å². The molecule has 0 aromatic heterocycles. The summed E-state index contributed by atoms with van der Waals surface area (Å²) in [5.41, 5.74) is 2.83. The largest absolute Gasteiger partial charge is 0.465 e. The van der Waals surface area contributed by atoms with E-state index in [-0.39, 0.29) is 18.3 Å². The number of rotatable bonds is 3. The molecule has 0 N–H and O–H groups in total. The molecule has 2 aromatic rings. The molecule has 0 aliphatic heterocycles. The number of alkyl halides is 1. The van der Waals surface area contributed by atoms with Crippen LogP contribution in [0.3, 0.4) is 0 Å². The Labute approximate surface area is 158 Å². The Morgan fingerprint density at radius 2 is 1.88 bits per heavy atom. The molecule has 4 rings (SSSR count). The van der Waals surface area contributed by atoms with Gasteiger partial charge in [-0.15, -0.1) is 11.6 Å². The van der Waals surface area contributed by atoms with Crippen molar-refractivity contribution in [3.8, 4) is 0 Å². The quantitative estimate of drug-likeness (QED) is 0.594. The van der Waals surface area contributed by atoms with Crippen LogP contribution < -0.4 is 0 Å². The van der Waals surface area contributed by atoms with Crippen LogP contribution in [0.25, 0.3) is 0 Å². The van der Waals surface area contributed by atoms with E-state index in [1.165, 1.54) is 0 Å². The predicted octanol–water partition coefficient (Wildman–Crippen LogP) is 4.45. The van der Waals surface area contributed by atoms with Crippen molar-refractivity contribution in [2.24, 2.45) is 5.41 Å². The van der Waals surface area contributed by atoms with Gasteiger partial charge in [-0.2, -0.15) is 0 Å². The van der Waals surface area contributed by atoms with Crippen LogP contribution in [-0.4, -0.2) is 23.2 Å². The molecule has 0 amide bonds. The Morgan fingerprint density at radius 1 is 1.19 bits per heavy atom. The van der Waals surface area contributed by atoms with Crippen LogP contribution in [-0.2, 0) is 16.0 Å². The summed E-state index contributed by atoms with van der Waals surface area (Å²) >= 11 is 6.92. The third kappa shape index (κ3) is 2.13. The molecule has 0 saturated heterocycles. The summed E-state index contributed by atoms with van der Waals surface area (Å²) < 4.78 is 5.29. The molecule has 0 heterocycles. The number of esters is 1. The Balaban J connectivity index is 1.84. The van der Waals surface area contributed by atoms with Crippen molar-refractivity contribution in [1.82, 2.24) is 0 Å². The van der Waals surface area contributed by atoms with Gasteiger partial charge in [-0.25, -0.2) is 0 Å². The SMILES string of the molecule is CCOC(=O)C1(Cl)C(c2ccc(C)cc2)C12CCc1ccccc1C2=O. The van der Waals surface area contributed by atoms with Crippen molar-refractivity contribution in [3.05, 3.63) is 70.8 Å². The minimum atomic E-state index is -1.33. The molecule has 2 aliphatic carbocycles. The van der Waals surface area contributed by atoms with Gasteiger partial charge in [0, 0.05) is 11.5 Å². The van der Waals surface area contributed by atoms with Gasteiger partial charge in [0.2, 0.25) is 0 Å². The molecule has 3 unspecified atom stereocenters. The van der Waals surface area contributed by atoms with Gasteiger partial charge in [0.25, 0.3) is 0 Å². The highest BCUT2D eigenvalue weighted by Gasteiger charge is 2.84. The standard InChI is InChI=1S/C22H21ClO3/c1-3-26-20(25)22(23)18(16-10-8-14(2)9-11-16)21(22)13-12-15-6-4-5-7-17(15)19(21)24/h4-11,18H,3,12-13H2,1-2H3. The fourth-order valence-corrected chi connectivity index (χ4v) is 5.17. The van der Waals surface area contributed by atoms with Crippen LogP contribution in [0.1, 0.15) is 46.3 Å². The van der Waals surface area contributed by atoms with Crippen molar-refractivity contribution in [1.29, 1.82) is 0 Å². The van der Waals surface area contributed by atoms with Crippen LogP contribution in [0.15, 0.2) is 48.5 Å². The van der Waals surface area contributed by atoms with Gasteiger partial charge in [0.05, 0.1) is 12.0 Å². The third-order valence-electron chi connectivity index (χ3n) is 5.90. The number of benzene rings is 2. The van der Waals surface area contributed by atoms with E-state index in [1.54, 1.807) is 6.92 Å². The van der Waals surface area contributed by atoms with Gasteiger partial charge in [-0.05, 0) is 37.8 Å².